The SMILES string of the molecule is COc1cccc(CN(C(=O)COc2ccccc2C(C)(C)C)[C@@H](Cc2ccccc2)C(=O)NC(C)C)c1. The zero-order chi connectivity index (χ0) is 27.7. The van der Waals surface area contributed by atoms with Crippen LogP contribution in [-0.4, -0.2) is 42.5 Å². The minimum atomic E-state index is -0.722. The van der Waals surface area contributed by atoms with Gasteiger partial charge in [0, 0.05) is 19.0 Å². The van der Waals surface area contributed by atoms with E-state index in [0.717, 1.165) is 16.7 Å². The molecule has 0 unspecified atom stereocenters. The fourth-order valence-electron chi connectivity index (χ4n) is 4.34. The topological polar surface area (TPSA) is 67.9 Å². The lowest BCUT2D eigenvalue weighted by Gasteiger charge is -2.32. The van der Waals surface area contributed by atoms with E-state index in [0.29, 0.717) is 17.9 Å². The fourth-order valence-corrected chi connectivity index (χ4v) is 4.34. The van der Waals surface area contributed by atoms with Gasteiger partial charge < -0.3 is 19.7 Å². The number of nitrogens with zero attached hydrogens (tertiary/aromatic N) is 1. The minimum absolute atomic E-state index is 0.0653. The number of ether oxygens (including phenoxy) is 2. The predicted octanol–water partition coefficient (Wildman–Crippen LogP) is 5.54. The van der Waals surface area contributed by atoms with E-state index in [1.54, 1.807) is 12.0 Å². The quantitative estimate of drug-likeness (QED) is 0.364. The standard InChI is InChI=1S/C32H40N2O4/c1-23(2)33-31(36)28(20-24-13-8-7-9-14-24)34(21-25-15-12-16-26(19-25)37-6)30(35)22-38-29-18-11-10-17-27(29)32(3,4)5/h7-19,23,28H,20-22H2,1-6H3,(H,33,36)/t28-/m0/s1. The van der Waals surface area contributed by atoms with Gasteiger partial charge in [0.25, 0.3) is 5.91 Å². The lowest BCUT2D eigenvalue weighted by molar-refractivity contribution is -0.143. The molecule has 6 nitrogen and oxygen atoms in total. The van der Waals surface area contributed by atoms with Crippen LogP contribution in [0.5, 0.6) is 11.5 Å². The van der Waals surface area contributed by atoms with Crippen LogP contribution in [-0.2, 0) is 28.0 Å². The van der Waals surface area contributed by atoms with Gasteiger partial charge in [-0.2, -0.15) is 0 Å². The summed E-state index contributed by atoms with van der Waals surface area (Å²) in [4.78, 5) is 29.0. The highest BCUT2D eigenvalue weighted by Crippen LogP contribution is 2.31. The number of hydrogen-bond acceptors (Lipinski definition) is 4. The van der Waals surface area contributed by atoms with Crippen molar-refractivity contribution in [2.75, 3.05) is 13.7 Å². The number of nitrogens with one attached hydrogen (secondary N) is 1. The van der Waals surface area contributed by atoms with Crippen LogP contribution in [0.1, 0.15) is 51.3 Å². The third kappa shape index (κ3) is 8.10. The molecule has 202 valence electrons. The van der Waals surface area contributed by atoms with Crippen molar-refractivity contribution in [3.63, 3.8) is 0 Å². The van der Waals surface area contributed by atoms with E-state index < -0.39 is 6.04 Å². The van der Waals surface area contributed by atoms with Gasteiger partial charge in [0.15, 0.2) is 6.61 Å². The second-order valence-corrected chi connectivity index (χ2v) is 10.8. The summed E-state index contributed by atoms with van der Waals surface area (Å²) < 4.78 is 11.5. The third-order valence-corrected chi connectivity index (χ3v) is 6.24. The number of carbonyl (C=O) groups excluding carboxylic acids is 2. The average Bonchev–Trinajstić information content (AvgIpc) is 2.89. The van der Waals surface area contributed by atoms with Crippen LogP contribution < -0.4 is 14.8 Å². The van der Waals surface area contributed by atoms with Gasteiger partial charge in [-0.05, 0) is 54.2 Å². The van der Waals surface area contributed by atoms with Crippen molar-refractivity contribution in [3.05, 3.63) is 95.6 Å². The molecule has 0 heterocycles. The summed E-state index contributed by atoms with van der Waals surface area (Å²) in [7, 11) is 1.61. The van der Waals surface area contributed by atoms with Crippen LogP contribution in [0.4, 0.5) is 0 Å². The molecule has 0 saturated heterocycles. The Morgan fingerprint density at radius 2 is 1.55 bits per heavy atom. The Morgan fingerprint density at radius 1 is 0.895 bits per heavy atom. The highest BCUT2D eigenvalue weighted by Gasteiger charge is 2.31. The van der Waals surface area contributed by atoms with Gasteiger partial charge in [-0.15, -0.1) is 0 Å². The molecule has 6 heteroatoms. The first-order chi connectivity index (χ1) is 18.1. The lowest BCUT2D eigenvalue weighted by Crippen LogP contribution is -2.52. The van der Waals surface area contributed by atoms with Crippen molar-refractivity contribution in [1.29, 1.82) is 0 Å². The van der Waals surface area contributed by atoms with Crippen molar-refractivity contribution >= 4 is 11.8 Å². The average molecular weight is 517 g/mol. The van der Waals surface area contributed by atoms with Crippen molar-refractivity contribution < 1.29 is 19.1 Å². The smallest absolute Gasteiger partial charge is 0.261 e. The molecule has 1 atom stereocenters. The van der Waals surface area contributed by atoms with Crippen LogP contribution >= 0.6 is 0 Å². The first kappa shape index (κ1) is 28.8. The molecule has 0 aromatic heterocycles. The number of rotatable bonds is 11. The van der Waals surface area contributed by atoms with Gasteiger partial charge in [0.2, 0.25) is 5.91 Å². The molecule has 3 aromatic rings. The molecule has 3 aromatic carbocycles. The molecule has 0 spiro atoms. The van der Waals surface area contributed by atoms with E-state index in [-0.39, 0.29) is 36.4 Å². The maximum Gasteiger partial charge on any atom is 0.261 e. The minimum Gasteiger partial charge on any atom is -0.497 e. The number of methoxy groups -OCH3 is 1. The Balaban J connectivity index is 1.95. The largest absolute Gasteiger partial charge is 0.497 e. The Bertz CT molecular complexity index is 1200. The molecule has 38 heavy (non-hydrogen) atoms. The van der Waals surface area contributed by atoms with Crippen molar-refractivity contribution in [1.82, 2.24) is 10.2 Å². The summed E-state index contributed by atoms with van der Waals surface area (Å²) in [5.74, 6) is 0.893. The number of benzene rings is 3. The molecule has 0 aliphatic carbocycles. The summed E-state index contributed by atoms with van der Waals surface area (Å²) >= 11 is 0. The second kappa shape index (κ2) is 13.1. The van der Waals surface area contributed by atoms with Gasteiger partial charge in [-0.3, -0.25) is 9.59 Å². The maximum absolute atomic E-state index is 13.8. The number of carbonyl (C=O) groups is 2. The number of para-hydroxylation sites is 1. The Labute approximate surface area is 227 Å². The van der Waals surface area contributed by atoms with Gasteiger partial charge in [-0.25, -0.2) is 0 Å². The van der Waals surface area contributed by atoms with E-state index in [2.05, 4.69) is 26.1 Å². The van der Waals surface area contributed by atoms with Crippen molar-refractivity contribution in [2.45, 2.75) is 65.1 Å². The van der Waals surface area contributed by atoms with Crippen molar-refractivity contribution in [2.24, 2.45) is 0 Å². The molecule has 0 radical (unpaired) electrons. The molecule has 1 N–H and O–H groups in total. The molecule has 0 bridgehead atoms. The highest BCUT2D eigenvalue weighted by molar-refractivity contribution is 5.88. The van der Waals surface area contributed by atoms with Crippen LogP contribution in [0.15, 0.2) is 78.9 Å². The fraction of sp³-hybridized carbons (Fsp3) is 0.375. The van der Waals surface area contributed by atoms with Gasteiger partial charge >= 0.3 is 0 Å². The molecule has 0 fully saturated rings. The molecule has 0 aliphatic heterocycles. The van der Waals surface area contributed by atoms with E-state index in [1.807, 2.05) is 92.7 Å². The zero-order valence-electron chi connectivity index (χ0n) is 23.4. The number of amides is 2. The van der Waals surface area contributed by atoms with E-state index >= 15 is 0 Å². The van der Waals surface area contributed by atoms with E-state index in [4.69, 9.17) is 9.47 Å². The molecule has 3 rings (SSSR count). The highest BCUT2D eigenvalue weighted by atomic mass is 16.5. The zero-order valence-corrected chi connectivity index (χ0v) is 23.4. The second-order valence-electron chi connectivity index (χ2n) is 10.8. The first-order valence-electron chi connectivity index (χ1n) is 13.1. The van der Waals surface area contributed by atoms with Crippen LogP contribution in [0.2, 0.25) is 0 Å². The monoisotopic (exact) mass is 516 g/mol. The molecule has 0 aliphatic rings. The van der Waals surface area contributed by atoms with Gasteiger partial charge in [-0.1, -0.05) is 81.4 Å². The Kier molecular flexibility index (Phi) is 9.94. The van der Waals surface area contributed by atoms with Crippen LogP contribution in [0, 0.1) is 0 Å². The van der Waals surface area contributed by atoms with Crippen molar-refractivity contribution in [3.8, 4) is 11.5 Å². The van der Waals surface area contributed by atoms with E-state index in [9.17, 15) is 9.59 Å². The predicted molar refractivity (Wildman–Crippen MR) is 151 cm³/mol. The number of hydrogen-bond donors (Lipinski definition) is 1. The Morgan fingerprint density at radius 3 is 2.21 bits per heavy atom. The normalized spacial score (nSPS) is 12.1. The summed E-state index contributed by atoms with van der Waals surface area (Å²) in [5.41, 5.74) is 2.71. The maximum atomic E-state index is 13.8. The van der Waals surface area contributed by atoms with Crippen LogP contribution in [0.3, 0.4) is 0 Å². The molecular formula is C32H40N2O4. The molecule has 2 amide bonds. The third-order valence-electron chi connectivity index (χ3n) is 6.24. The summed E-state index contributed by atoms with van der Waals surface area (Å²) in [6.45, 7) is 10.2. The van der Waals surface area contributed by atoms with E-state index in [1.165, 1.54) is 0 Å². The summed E-state index contributed by atoms with van der Waals surface area (Å²) in [6, 6.07) is 24.3. The first-order valence-corrected chi connectivity index (χ1v) is 13.1. The van der Waals surface area contributed by atoms with Crippen LogP contribution in [0.25, 0.3) is 0 Å². The summed E-state index contributed by atoms with van der Waals surface area (Å²) in [6.07, 6.45) is 0.383. The van der Waals surface area contributed by atoms with Gasteiger partial charge in [0.1, 0.15) is 17.5 Å². The Hall–Kier alpha value is -3.80. The van der Waals surface area contributed by atoms with Gasteiger partial charge in [0.05, 0.1) is 7.11 Å². The lowest BCUT2D eigenvalue weighted by atomic mass is 9.86. The summed E-state index contributed by atoms with van der Waals surface area (Å²) in [5, 5.41) is 3.01. The molecular weight excluding hydrogens is 476 g/mol. The molecule has 0 saturated carbocycles.